The maximum Gasteiger partial charge on any atom is 0.0623 e. The lowest BCUT2D eigenvalue weighted by Gasteiger charge is -1.93. The van der Waals surface area contributed by atoms with Crippen molar-refractivity contribution in [1.29, 1.82) is 0 Å². The number of hydrogen-bond acceptors (Lipinski definition) is 0. The van der Waals surface area contributed by atoms with E-state index in [9.17, 15) is 0 Å². The van der Waals surface area contributed by atoms with Crippen LogP contribution in [0.1, 0.15) is 0 Å². The molecule has 0 bridgehead atoms. The van der Waals surface area contributed by atoms with E-state index in [4.69, 9.17) is 0 Å². The summed E-state index contributed by atoms with van der Waals surface area (Å²) >= 11 is 0. The summed E-state index contributed by atoms with van der Waals surface area (Å²) in [5.74, 6) is 0. The molecule has 0 aromatic carbocycles. The van der Waals surface area contributed by atoms with Crippen molar-refractivity contribution in [3.05, 3.63) is 36.5 Å². The van der Waals surface area contributed by atoms with Gasteiger partial charge < -0.3 is 4.98 Å². The van der Waals surface area contributed by atoms with Crippen molar-refractivity contribution in [3.63, 3.8) is 0 Å². The molecule has 1 nitrogen and oxygen atoms in total. The Morgan fingerprint density at radius 3 is 3.11 bits per heavy atom. The average Bonchev–Trinajstić information content (AvgIpc) is 2.33. The van der Waals surface area contributed by atoms with Crippen LogP contribution in [0.2, 0.25) is 0 Å². The molecule has 0 atom stereocenters. The maximum atomic E-state index is 3.01. The fourth-order valence-electron chi connectivity index (χ4n) is 0.944. The van der Waals surface area contributed by atoms with E-state index in [1.54, 1.807) is 0 Å². The molecule has 1 radical (unpaired) electrons. The first-order chi connectivity index (χ1) is 4.47. The van der Waals surface area contributed by atoms with Crippen LogP contribution in [0.25, 0.3) is 11.3 Å². The first kappa shape index (κ1) is 4.62. The van der Waals surface area contributed by atoms with Crippen molar-refractivity contribution in [2.24, 2.45) is 0 Å². The van der Waals surface area contributed by atoms with E-state index in [0.29, 0.717) is 0 Å². The van der Waals surface area contributed by atoms with Crippen molar-refractivity contribution in [3.8, 4) is 11.3 Å². The average molecular weight is 116 g/mol. The van der Waals surface area contributed by atoms with Crippen LogP contribution in [0.5, 0.6) is 0 Å². The van der Waals surface area contributed by atoms with E-state index in [1.165, 1.54) is 5.56 Å². The molecule has 0 unspecified atom stereocenters. The second-order valence-corrected chi connectivity index (χ2v) is 2.00. The highest BCUT2D eigenvalue weighted by molar-refractivity contribution is 5.61. The monoisotopic (exact) mass is 116 g/mol. The molecule has 2 rings (SSSR count). The highest BCUT2D eigenvalue weighted by Crippen LogP contribution is 2.17. The molecule has 0 fully saturated rings. The molecule has 1 heterocycles. The number of aromatic nitrogens is 1. The zero-order valence-electron chi connectivity index (χ0n) is 4.89. The van der Waals surface area contributed by atoms with Crippen LogP contribution in [-0.2, 0) is 0 Å². The predicted molar refractivity (Wildman–Crippen MR) is 36.3 cm³/mol. The van der Waals surface area contributed by atoms with Gasteiger partial charge in [0.1, 0.15) is 0 Å². The van der Waals surface area contributed by atoms with Crippen molar-refractivity contribution < 1.29 is 0 Å². The van der Waals surface area contributed by atoms with Crippen LogP contribution < -0.4 is 0 Å². The van der Waals surface area contributed by atoms with Gasteiger partial charge in [0.2, 0.25) is 0 Å². The molecular weight excluding hydrogens is 110 g/mol. The number of rotatable bonds is 0. The molecule has 0 amide bonds. The molecule has 0 saturated heterocycles. The van der Waals surface area contributed by atoms with Gasteiger partial charge in [0.25, 0.3) is 0 Å². The Morgan fingerprint density at radius 1 is 1.22 bits per heavy atom. The van der Waals surface area contributed by atoms with E-state index >= 15 is 0 Å². The van der Waals surface area contributed by atoms with Crippen LogP contribution >= 0.6 is 0 Å². The molecule has 0 aromatic rings. The normalized spacial score (nSPS) is 10.2. The lowest BCUT2D eigenvalue weighted by Crippen LogP contribution is -1.75. The smallest absolute Gasteiger partial charge is 0.0623 e. The van der Waals surface area contributed by atoms with Crippen molar-refractivity contribution in [1.82, 2.24) is 4.98 Å². The van der Waals surface area contributed by atoms with Gasteiger partial charge in [0, 0.05) is 5.69 Å². The summed E-state index contributed by atoms with van der Waals surface area (Å²) < 4.78 is 0. The maximum absolute atomic E-state index is 3.01. The molecular formula is C8H6N. The lowest BCUT2D eigenvalue weighted by atomic mass is 10.2. The number of hydrogen-bond donors (Lipinski definition) is 1. The van der Waals surface area contributed by atoms with E-state index in [1.807, 2.05) is 24.3 Å². The van der Waals surface area contributed by atoms with Gasteiger partial charge in [0.15, 0.2) is 0 Å². The molecule has 0 spiro atoms. The summed E-state index contributed by atoms with van der Waals surface area (Å²) in [6.07, 6.45) is 2.90. The van der Waals surface area contributed by atoms with Crippen molar-refractivity contribution in [2.45, 2.75) is 0 Å². The highest BCUT2D eigenvalue weighted by Gasteiger charge is 1.96. The lowest BCUT2D eigenvalue weighted by molar-refractivity contribution is 1.32. The van der Waals surface area contributed by atoms with E-state index in [0.717, 1.165) is 5.69 Å². The summed E-state index contributed by atoms with van der Waals surface area (Å²) in [5, 5.41) is 0. The second kappa shape index (κ2) is 1.62. The second-order valence-electron chi connectivity index (χ2n) is 2.00. The zero-order chi connectivity index (χ0) is 6.10. The van der Waals surface area contributed by atoms with Gasteiger partial charge in [-0.2, -0.15) is 0 Å². The Labute approximate surface area is 53.7 Å². The predicted octanol–water partition coefficient (Wildman–Crippen LogP) is 1.92. The molecule has 43 valence electrons. The number of H-pyrrole nitrogens is 1. The van der Waals surface area contributed by atoms with Crippen LogP contribution in [0, 0.1) is 6.20 Å². The third-order valence-electron chi connectivity index (χ3n) is 1.40. The molecule has 1 aliphatic carbocycles. The Balaban J connectivity index is 2.79. The molecule has 2 aliphatic rings. The number of fused-ring (bicyclic) bond motifs is 1. The Morgan fingerprint density at radius 2 is 2.22 bits per heavy atom. The van der Waals surface area contributed by atoms with Gasteiger partial charge in [-0.3, -0.25) is 0 Å². The van der Waals surface area contributed by atoms with Gasteiger partial charge >= 0.3 is 0 Å². The molecule has 0 saturated carbocycles. The van der Waals surface area contributed by atoms with Crippen LogP contribution in [-0.4, -0.2) is 4.98 Å². The van der Waals surface area contributed by atoms with E-state index < -0.39 is 0 Å². The topological polar surface area (TPSA) is 15.8 Å². The third-order valence-corrected chi connectivity index (χ3v) is 1.40. The summed E-state index contributed by atoms with van der Waals surface area (Å²) in [6.45, 7) is 0. The summed E-state index contributed by atoms with van der Waals surface area (Å²) in [6, 6.07) is 10.0. The standard InChI is InChI=1S/C8H6N/c1-3-7-4-2-6-9-8(7)5-1/h1-5,9H. The SMILES string of the molecule is [c]1ccc2cccc-2[nH]1. The van der Waals surface area contributed by atoms with Gasteiger partial charge in [-0.15, -0.1) is 0 Å². The number of nitrogens with one attached hydrogen (secondary N) is 1. The van der Waals surface area contributed by atoms with Gasteiger partial charge in [-0.05, 0) is 17.7 Å². The summed E-state index contributed by atoms with van der Waals surface area (Å²) in [4.78, 5) is 3.01. The third kappa shape index (κ3) is 0.617. The van der Waals surface area contributed by atoms with Crippen molar-refractivity contribution >= 4 is 0 Å². The van der Waals surface area contributed by atoms with Gasteiger partial charge in [-0.1, -0.05) is 18.2 Å². The minimum Gasteiger partial charge on any atom is -0.353 e. The molecule has 1 aliphatic heterocycles. The van der Waals surface area contributed by atoms with Crippen molar-refractivity contribution in [2.75, 3.05) is 0 Å². The quantitative estimate of drug-likeness (QED) is 0.541. The highest BCUT2D eigenvalue weighted by atomic mass is 14.7. The van der Waals surface area contributed by atoms with Crippen LogP contribution in [0.15, 0.2) is 30.3 Å². The van der Waals surface area contributed by atoms with E-state index in [2.05, 4.69) is 17.2 Å². The minimum absolute atomic E-state index is 1.15. The first-order valence-electron chi connectivity index (χ1n) is 2.90. The summed E-state index contributed by atoms with van der Waals surface area (Å²) in [5.41, 5.74) is 2.39. The molecule has 9 heavy (non-hydrogen) atoms. The van der Waals surface area contributed by atoms with Crippen LogP contribution in [0.4, 0.5) is 0 Å². The largest absolute Gasteiger partial charge is 0.353 e. The zero-order valence-corrected chi connectivity index (χ0v) is 4.89. The van der Waals surface area contributed by atoms with Gasteiger partial charge in [-0.25, -0.2) is 0 Å². The number of pyridine rings is 1. The molecule has 1 N–H and O–H groups in total. The molecule has 0 aromatic heterocycles. The summed E-state index contributed by atoms with van der Waals surface area (Å²) in [7, 11) is 0. The number of aromatic amines is 1. The van der Waals surface area contributed by atoms with Gasteiger partial charge in [0.05, 0.1) is 6.20 Å². The van der Waals surface area contributed by atoms with E-state index in [-0.39, 0.29) is 0 Å². The fourth-order valence-corrected chi connectivity index (χ4v) is 0.944. The Bertz CT molecular complexity index is 245. The van der Waals surface area contributed by atoms with Crippen LogP contribution in [0.3, 0.4) is 0 Å². The fraction of sp³-hybridized carbons (Fsp3) is 0. The Kier molecular flexibility index (Phi) is 0.833. The molecule has 1 heteroatoms. The minimum atomic E-state index is 1.15. The first-order valence-corrected chi connectivity index (χ1v) is 2.90. The Hall–Kier alpha value is -1.24.